The lowest BCUT2D eigenvalue weighted by molar-refractivity contribution is 0.333. The van der Waals surface area contributed by atoms with Gasteiger partial charge in [-0.05, 0) is 41.7 Å². The molecule has 0 fully saturated rings. The molecule has 0 saturated heterocycles. The molecular formula is C19H24OS. The van der Waals surface area contributed by atoms with Crippen LogP contribution in [0.1, 0.15) is 31.9 Å². The van der Waals surface area contributed by atoms with Crippen LogP contribution in [0.2, 0.25) is 0 Å². The molecule has 0 aliphatic rings. The number of thioether (sulfide) groups is 1. The zero-order valence-electron chi connectivity index (χ0n) is 13.3. The molecule has 2 heteroatoms. The van der Waals surface area contributed by atoms with E-state index in [4.69, 9.17) is 4.74 Å². The highest BCUT2D eigenvalue weighted by molar-refractivity contribution is 7.99. The Labute approximate surface area is 132 Å². The van der Waals surface area contributed by atoms with Crippen molar-refractivity contribution in [2.45, 2.75) is 38.0 Å². The second kappa shape index (κ2) is 7.04. The van der Waals surface area contributed by atoms with Crippen LogP contribution in [0.5, 0.6) is 5.75 Å². The fraction of sp³-hybridized carbons (Fsp3) is 0.368. The SMILES string of the molecule is Cc1ccc(C(C)(C)C)c(OCCSc2ccccc2)c1. The third kappa shape index (κ3) is 4.82. The van der Waals surface area contributed by atoms with Gasteiger partial charge >= 0.3 is 0 Å². The number of benzene rings is 2. The fourth-order valence-electron chi connectivity index (χ4n) is 2.20. The molecule has 112 valence electrons. The lowest BCUT2D eigenvalue weighted by atomic mass is 9.86. The van der Waals surface area contributed by atoms with Crippen molar-refractivity contribution in [2.24, 2.45) is 0 Å². The predicted octanol–water partition coefficient (Wildman–Crippen LogP) is 5.46. The second-order valence-corrected chi connectivity index (χ2v) is 7.43. The van der Waals surface area contributed by atoms with Crippen LogP contribution < -0.4 is 4.74 Å². The molecule has 0 heterocycles. The minimum atomic E-state index is 0.107. The summed E-state index contributed by atoms with van der Waals surface area (Å²) in [6, 6.07) is 17.0. The van der Waals surface area contributed by atoms with Crippen molar-refractivity contribution in [1.82, 2.24) is 0 Å². The van der Waals surface area contributed by atoms with E-state index in [2.05, 4.69) is 70.2 Å². The fourth-order valence-corrected chi connectivity index (χ4v) is 2.95. The largest absolute Gasteiger partial charge is 0.492 e. The van der Waals surface area contributed by atoms with E-state index in [1.807, 2.05) is 17.8 Å². The van der Waals surface area contributed by atoms with Gasteiger partial charge in [0.25, 0.3) is 0 Å². The van der Waals surface area contributed by atoms with Crippen LogP contribution in [0.15, 0.2) is 53.4 Å². The molecule has 0 aromatic heterocycles. The Balaban J connectivity index is 1.95. The van der Waals surface area contributed by atoms with E-state index < -0.39 is 0 Å². The first-order valence-electron chi connectivity index (χ1n) is 7.38. The molecule has 0 N–H and O–H groups in total. The normalized spacial score (nSPS) is 11.4. The molecule has 2 aromatic rings. The van der Waals surface area contributed by atoms with Crippen LogP contribution in [-0.4, -0.2) is 12.4 Å². The van der Waals surface area contributed by atoms with Crippen LogP contribution in [0, 0.1) is 6.92 Å². The van der Waals surface area contributed by atoms with Crippen molar-refractivity contribution in [3.8, 4) is 5.75 Å². The monoisotopic (exact) mass is 300 g/mol. The zero-order valence-corrected chi connectivity index (χ0v) is 14.2. The molecule has 0 aliphatic heterocycles. The average molecular weight is 300 g/mol. The highest BCUT2D eigenvalue weighted by atomic mass is 32.2. The summed E-state index contributed by atoms with van der Waals surface area (Å²) in [7, 11) is 0. The smallest absolute Gasteiger partial charge is 0.123 e. The second-order valence-electron chi connectivity index (χ2n) is 6.26. The lowest BCUT2D eigenvalue weighted by Crippen LogP contribution is -2.14. The average Bonchev–Trinajstić information content (AvgIpc) is 2.43. The molecule has 0 bridgehead atoms. The maximum Gasteiger partial charge on any atom is 0.123 e. The molecule has 2 rings (SSSR count). The van der Waals surface area contributed by atoms with Gasteiger partial charge in [-0.15, -0.1) is 11.8 Å². The van der Waals surface area contributed by atoms with Crippen LogP contribution in [0.4, 0.5) is 0 Å². The summed E-state index contributed by atoms with van der Waals surface area (Å²) in [6.45, 7) is 9.51. The minimum Gasteiger partial charge on any atom is -0.492 e. The summed E-state index contributed by atoms with van der Waals surface area (Å²) in [5.41, 5.74) is 2.63. The van der Waals surface area contributed by atoms with Gasteiger partial charge in [-0.2, -0.15) is 0 Å². The van der Waals surface area contributed by atoms with Crippen molar-refractivity contribution < 1.29 is 4.74 Å². The zero-order chi connectivity index (χ0) is 15.3. The van der Waals surface area contributed by atoms with E-state index >= 15 is 0 Å². The third-order valence-electron chi connectivity index (χ3n) is 3.30. The van der Waals surface area contributed by atoms with Gasteiger partial charge in [0.1, 0.15) is 5.75 Å². The first-order chi connectivity index (χ1) is 9.97. The maximum absolute atomic E-state index is 6.05. The first-order valence-corrected chi connectivity index (χ1v) is 8.37. The van der Waals surface area contributed by atoms with Crippen LogP contribution >= 0.6 is 11.8 Å². The Morgan fingerprint density at radius 3 is 2.38 bits per heavy atom. The summed E-state index contributed by atoms with van der Waals surface area (Å²) in [4.78, 5) is 1.29. The summed E-state index contributed by atoms with van der Waals surface area (Å²) < 4.78 is 6.05. The summed E-state index contributed by atoms with van der Waals surface area (Å²) in [5.74, 6) is 1.98. The Kier molecular flexibility index (Phi) is 5.35. The standard InChI is InChI=1S/C19H24OS/c1-15-10-11-17(19(2,3)4)18(14-15)20-12-13-21-16-8-6-5-7-9-16/h5-11,14H,12-13H2,1-4H3. The van der Waals surface area contributed by atoms with Gasteiger partial charge < -0.3 is 4.74 Å². The quantitative estimate of drug-likeness (QED) is 0.535. The predicted molar refractivity (Wildman–Crippen MR) is 92.5 cm³/mol. The lowest BCUT2D eigenvalue weighted by Gasteiger charge is -2.23. The Morgan fingerprint density at radius 1 is 1.00 bits per heavy atom. The third-order valence-corrected chi connectivity index (χ3v) is 4.27. The number of aryl methyl sites for hydroxylation is 1. The molecule has 0 saturated carbocycles. The molecule has 2 aromatic carbocycles. The molecule has 0 aliphatic carbocycles. The highest BCUT2D eigenvalue weighted by Crippen LogP contribution is 2.32. The topological polar surface area (TPSA) is 9.23 Å². The molecular weight excluding hydrogens is 276 g/mol. The summed E-state index contributed by atoms with van der Waals surface area (Å²) >= 11 is 1.83. The van der Waals surface area contributed by atoms with Crippen molar-refractivity contribution in [2.75, 3.05) is 12.4 Å². The summed E-state index contributed by atoms with van der Waals surface area (Å²) in [5, 5.41) is 0. The first kappa shape index (κ1) is 16.0. The van der Waals surface area contributed by atoms with Gasteiger partial charge in [0.15, 0.2) is 0 Å². The molecule has 0 radical (unpaired) electrons. The van der Waals surface area contributed by atoms with E-state index in [0.717, 1.165) is 18.1 Å². The van der Waals surface area contributed by atoms with Crippen LogP contribution in [0.25, 0.3) is 0 Å². The number of ether oxygens (including phenoxy) is 1. The Bertz CT molecular complexity index is 570. The summed E-state index contributed by atoms with van der Waals surface area (Å²) in [6.07, 6.45) is 0. The molecule has 0 spiro atoms. The van der Waals surface area contributed by atoms with E-state index in [-0.39, 0.29) is 5.41 Å². The van der Waals surface area contributed by atoms with Crippen molar-refractivity contribution >= 4 is 11.8 Å². The van der Waals surface area contributed by atoms with Gasteiger partial charge in [-0.3, -0.25) is 0 Å². The Hall–Kier alpha value is -1.41. The molecule has 1 nitrogen and oxygen atoms in total. The number of hydrogen-bond donors (Lipinski definition) is 0. The molecule has 21 heavy (non-hydrogen) atoms. The number of rotatable bonds is 5. The van der Waals surface area contributed by atoms with Crippen molar-refractivity contribution in [3.05, 3.63) is 59.7 Å². The van der Waals surface area contributed by atoms with Crippen LogP contribution in [0.3, 0.4) is 0 Å². The van der Waals surface area contributed by atoms with Gasteiger partial charge in [-0.25, -0.2) is 0 Å². The number of hydrogen-bond acceptors (Lipinski definition) is 2. The van der Waals surface area contributed by atoms with Gasteiger partial charge in [0, 0.05) is 10.6 Å². The van der Waals surface area contributed by atoms with Gasteiger partial charge in [-0.1, -0.05) is 51.1 Å². The van der Waals surface area contributed by atoms with E-state index in [1.165, 1.54) is 16.0 Å². The van der Waals surface area contributed by atoms with Crippen LogP contribution in [-0.2, 0) is 5.41 Å². The van der Waals surface area contributed by atoms with Gasteiger partial charge in [0.05, 0.1) is 6.61 Å². The molecule has 0 amide bonds. The maximum atomic E-state index is 6.05. The van der Waals surface area contributed by atoms with Crippen molar-refractivity contribution in [3.63, 3.8) is 0 Å². The van der Waals surface area contributed by atoms with Crippen molar-refractivity contribution in [1.29, 1.82) is 0 Å². The molecule has 0 unspecified atom stereocenters. The Morgan fingerprint density at radius 2 is 1.71 bits per heavy atom. The van der Waals surface area contributed by atoms with E-state index in [9.17, 15) is 0 Å². The van der Waals surface area contributed by atoms with Gasteiger partial charge in [0.2, 0.25) is 0 Å². The molecule has 0 atom stereocenters. The highest BCUT2D eigenvalue weighted by Gasteiger charge is 2.18. The van der Waals surface area contributed by atoms with E-state index in [1.54, 1.807) is 0 Å². The minimum absolute atomic E-state index is 0.107. The van der Waals surface area contributed by atoms with E-state index in [0.29, 0.717) is 0 Å².